The number of carbonyl (C=O) groups excluding carboxylic acids is 2. The van der Waals surface area contributed by atoms with Crippen molar-refractivity contribution in [3.63, 3.8) is 0 Å². The van der Waals surface area contributed by atoms with Crippen molar-refractivity contribution in [3.05, 3.63) is 48.2 Å². The number of nitrogens with zero attached hydrogens (tertiary/aromatic N) is 6. The highest BCUT2D eigenvalue weighted by Crippen LogP contribution is 2.20. The number of piperazine rings is 1. The van der Waals surface area contributed by atoms with Gasteiger partial charge in [0.25, 0.3) is 5.91 Å². The van der Waals surface area contributed by atoms with Gasteiger partial charge in [0.15, 0.2) is 0 Å². The van der Waals surface area contributed by atoms with Crippen LogP contribution in [0.4, 0.5) is 5.82 Å². The Morgan fingerprint density at radius 2 is 2.13 bits per heavy atom. The molecular formula is C22H22N6O3. The zero-order valence-corrected chi connectivity index (χ0v) is 16.9. The number of fused-ring (bicyclic) bond motifs is 1. The molecule has 0 bridgehead atoms. The van der Waals surface area contributed by atoms with E-state index in [1.165, 1.54) is 6.20 Å². The molecule has 1 fully saturated rings. The molecule has 1 aliphatic carbocycles. The van der Waals surface area contributed by atoms with Gasteiger partial charge in [0, 0.05) is 38.7 Å². The quantitative estimate of drug-likeness (QED) is 0.757. The summed E-state index contributed by atoms with van der Waals surface area (Å²) in [6.45, 7) is 1.30. The third kappa shape index (κ3) is 4.44. The number of aliphatic hydroxyl groups excluding tert-OH is 1. The summed E-state index contributed by atoms with van der Waals surface area (Å²) < 4.78 is 0. The number of hydrogen-bond acceptors (Lipinski definition) is 7. The molecule has 9 nitrogen and oxygen atoms in total. The molecular weight excluding hydrogens is 396 g/mol. The van der Waals surface area contributed by atoms with E-state index in [4.69, 9.17) is 5.26 Å². The molecule has 158 valence electrons. The Bertz CT molecular complexity index is 1030. The molecule has 0 radical (unpaired) electrons. The number of aromatic nitrogens is 1. The number of nitriles is 1. The van der Waals surface area contributed by atoms with Gasteiger partial charge in [-0.15, -0.1) is 0 Å². The molecule has 1 aromatic heterocycles. The minimum absolute atomic E-state index is 0.108. The average molecular weight is 418 g/mol. The Morgan fingerprint density at radius 1 is 1.26 bits per heavy atom. The van der Waals surface area contributed by atoms with Crippen LogP contribution in [0.1, 0.15) is 18.4 Å². The van der Waals surface area contributed by atoms with Gasteiger partial charge in [-0.3, -0.25) is 9.59 Å². The summed E-state index contributed by atoms with van der Waals surface area (Å²) in [5.74, 6) is 0.282. The Hall–Kier alpha value is -3.64. The molecule has 0 spiro atoms. The zero-order valence-electron chi connectivity index (χ0n) is 16.9. The van der Waals surface area contributed by atoms with Gasteiger partial charge in [0.05, 0.1) is 23.9 Å². The standard InChI is InChI=1S/C22H22N6O3/c23-11-15-5-7-20(24-12-15)27-9-10-28(16(13-27)14-29)21(30)8-6-19-25-18-4-2-1-3-17(18)22(31)26-19/h1-5,7,12,16-17,29H,6,8-10,13-14H2. The minimum atomic E-state index is -0.424. The molecule has 3 aliphatic rings. The van der Waals surface area contributed by atoms with E-state index in [1.54, 1.807) is 35.3 Å². The topological polar surface area (TPSA) is 122 Å². The fourth-order valence-electron chi connectivity index (χ4n) is 3.88. The van der Waals surface area contributed by atoms with E-state index >= 15 is 0 Å². The second-order valence-electron chi connectivity index (χ2n) is 7.51. The first-order valence-corrected chi connectivity index (χ1v) is 10.2. The molecule has 0 saturated carbocycles. The summed E-state index contributed by atoms with van der Waals surface area (Å²) in [6, 6.07) is 5.14. The zero-order chi connectivity index (χ0) is 21.8. The van der Waals surface area contributed by atoms with Crippen molar-refractivity contribution < 1.29 is 14.7 Å². The third-order valence-corrected chi connectivity index (χ3v) is 5.54. The van der Waals surface area contributed by atoms with E-state index in [-0.39, 0.29) is 37.3 Å². The van der Waals surface area contributed by atoms with Crippen LogP contribution in [-0.4, -0.2) is 70.6 Å². The monoisotopic (exact) mass is 418 g/mol. The van der Waals surface area contributed by atoms with Crippen LogP contribution in [0.2, 0.25) is 0 Å². The van der Waals surface area contributed by atoms with E-state index in [1.807, 2.05) is 17.0 Å². The molecule has 0 aromatic carbocycles. The number of anilines is 1. The van der Waals surface area contributed by atoms with E-state index in [2.05, 4.69) is 15.0 Å². The fraction of sp³-hybridized carbons (Fsp3) is 0.364. The van der Waals surface area contributed by atoms with Gasteiger partial charge in [-0.05, 0) is 18.2 Å². The average Bonchev–Trinajstić information content (AvgIpc) is 2.82. The maximum absolute atomic E-state index is 12.8. The normalized spacial score (nSPS) is 22.5. The SMILES string of the molecule is N#Cc1ccc(N2CCN(C(=O)CCC3=NC(=O)C4C=CC=CC4=N3)C(CO)C2)nc1. The predicted molar refractivity (Wildman–Crippen MR) is 115 cm³/mol. The fourth-order valence-corrected chi connectivity index (χ4v) is 3.88. The molecule has 1 saturated heterocycles. The van der Waals surface area contributed by atoms with Crippen molar-refractivity contribution >= 4 is 29.2 Å². The maximum Gasteiger partial charge on any atom is 0.260 e. The first-order chi connectivity index (χ1) is 15.1. The lowest BCUT2D eigenvalue weighted by Gasteiger charge is -2.41. The van der Waals surface area contributed by atoms with Crippen molar-refractivity contribution in [2.75, 3.05) is 31.1 Å². The number of aliphatic hydroxyl groups is 1. The minimum Gasteiger partial charge on any atom is -0.394 e. The summed E-state index contributed by atoms with van der Waals surface area (Å²) in [5.41, 5.74) is 1.14. The number of hydrogen-bond donors (Lipinski definition) is 1. The number of aliphatic imine (C=N–C) groups is 2. The lowest BCUT2D eigenvalue weighted by molar-refractivity contribution is -0.134. The smallest absolute Gasteiger partial charge is 0.260 e. The van der Waals surface area contributed by atoms with Gasteiger partial charge in [-0.25, -0.2) is 9.98 Å². The van der Waals surface area contributed by atoms with E-state index in [0.29, 0.717) is 42.6 Å². The summed E-state index contributed by atoms with van der Waals surface area (Å²) in [4.78, 5) is 41.4. The van der Waals surface area contributed by atoms with Gasteiger partial charge in [0.2, 0.25) is 5.91 Å². The molecule has 3 heterocycles. The van der Waals surface area contributed by atoms with Gasteiger partial charge < -0.3 is 14.9 Å². The molecule has 1 aromatic rings. The second-order valence-corrected chi connectivity index (χ2v) is 7.51. The molecule has 2 amide bonds. The number of amides is 2. The molecule has 9 heteroatoms. The summed E-state index contributed by atoms with van der Waals surface area (Å²) in [7, 11) is 0. The largest absolute Gasteiger partial charge is 0.394 e. The van der Waals surface area contributed by atoms with Gasteiger partial charge in [0.1, 0.15) is 23.6 Å². The highest BCUT2D eigenvalue weighted by molar-refractivity contribution is 6.21. The number of pyridine rings is 1. The van der Waals surface area contributed by atoms with Crippen molar-refractivity contribution in [1.29, 1.82) is 5.26 Å². The Morgan fingerprint density at radius 3 is 2.87 bits per heavy atom. The number of allylic oxidation sites excluding steroid dienone is 3. The Balaban J connectivity index is 1.36. The first-order valence-electron chi connectivity index (χ1n) is 10.2. The van der Waals surface area contributed by atoms with Crippen LogP contribution >= 0.6 is 0 Å². The molecule has 4 rings (SSSR count). The first kappa shape index (κ1) is 20.6. The third-order valence-electron chi connectivity index (χ3n) is 5.54. The van der Waals surface area contributed by atoms with Crippen LogP contribution in [0.15, 0.2) is 52.6 Å². The second kappa shape index (κ2) is 9.02. The highest BCUT2D eigenvalue weighted by Gasteiger charge is 2.31. The number of carbonyl (C=O) groups is 2. The lowest BCUT2D eigenvalue weighted by atomic mass is 9.96. The van der Waals surface area contributed by atoms with Gasteiger partial charge in [-0.2, -0.15) is 10.3 Å². The predicted octanol–water partition coefficient (Wildman–Crippen LogP) is 0.865. The van der Waals surface area contributed by atoms with E-state index < -0.39 is 5.92 Å². The van der Waals surface area contributed by atoms with E-state index in [0.717, 1.165) is 0 Å². The Labute approximate surface area is 179 Å². The molecule has 2 atom stereocenters. The highest BCUT2D eigenvalue weighted by atomic mass is 16.3. The summed E-state index contributed by atoms with van der Waals surface area (Å²) in [6.07, 6.45) is 9.12. The Kier molecular flexibility index (Phi) is 6.00. The van der Waals surface area contributed by atoms with Crippen molar-refractivity contribution in [2.24, 2.45) is 15.9 Å². The van der Waals surface area contributed by atoms with E-state index in [9.17, 15) is 14.7 Å². The summed E-state index contributed by atoms with van der Waals surface area (Å²) >= 11 is 0. The van der Waals surface area contributed by atoms with Crippen LogP contribution in [-0.2, 0) is 9.59 Å². The number of amidine groups is 1. The molecule has 2 aliphatic heterocycles. The molecule has 2 unspecified atom stereocenters. The summed E-state index contributed by atoms with van der Waals surface area (Å²) in [5, 5.41) is 18.8. The van der Waals surface area contributed by atoms with Crippen LogP contribution in [0, 0.1) is 17.2 Å². The van der Waals surface area contributed by atoms with Crippen LogP contribution in [0.25, 0.3) is 0 Å². The maximum atomic E-state index is 12.8. The molecule has 1 N–H and O–H groups in total. The van der Waals surface area contributed by atoms with Crippen LogP contribution in [0.3, 0.4) is 0 Å². The van der Waals surface area contributed by atoms with Crippen molar-refractivity contribution in [1.82, 2.24) is 9.88 Å². The van der Waals surface area contributed by atoms with Crippen LogP contribution < -0.4 is 4.90 Å². The van der Waals surface area contributed by atoms with Crippen molar-refractivity contribution in [3.8, 4) is 6.07 Å². The van der Waals surface area contributed by atoms with Crippen molar-refractivity contribution in [2.45, 2.75) is 18.9 Å². The van der Waals surface area contributed by atoms with Gasteiger partial charge in [-0.1, -0.05) is 18.2 Å². The van der Waals surface area contributed by atoms with Gasteiger partial charge >= 0.3 is 0 Å². The number of rotatable bonds is 5. The lowest BCUT2D eigenvalue weighted by Crippen LogP contribution is -2.57. The van der Waals surface area contributed by atoms with Crippen LogP contribution in [0.5, 0.6) is 0 Å². The molecule has 31 heavy (non-hydrogen) atoms.